The number of hydrogen-bond acceptors (Lipinski definition) is 4. The lowest BCUT2D eigenvalue weighted by Gasteiger charge is -2.08. The molecule has 2 rings (SSSR count). The summed E-state index contributed by atoms with van der Waals surface area (Å²) in [6.45, 7) is 0. The third kappa shape index (κ3) is 3.19. The number of nitrogens with one attached hydrogen (secondary N) is 2. The summed E-state index contributed by atoms with van der Waals surface area (Å²) in [5, 5.41) is 5.90. The van der Waals surface area contributed by atoms with E-state index in [1.54, 1.807) is 50.6 Å². The molecule has 0 fully saturated rings. The lowest BCUT2D eigenvalue weighted by Crippen LogP contribution is -2.15. The third-order valence-corrected chi connectivity index (χ3v) is 2.97. The number of hydrogen-bond donors (Lipinski definition) is 2. The van der Waals surface area contributed by atoms with Crippen molar-refractivity contribution in [2.75, 3.05) is 24.8 Å². The van der Waals surface area contributed by atoms with Crippen LogP contribution in [0.15, 0.2) is 36.4 Å². The second kappa shape index (κ2) is 6.25. The first kappa shape index (κ1) is 14.1. The van der Waals surface area contributed by atoms with Gasteiger partial charge in [-0.1, -0.05) is 11.6 Å². The molecule has 0 radical (unpaired) electrons. The number of pyridine rings is 1. The smallest absolute Gasteiger partial charge is 0.275 e. The molecule has 1 heterocycles. The van der Waals surface area contributed by atoms with Crippen LogP contribution in [-0.2, 0) is 0 Å². The molecule has 0 aliphatic rings. The highest BCUT2D eigenvalue weighted by Crippen LogP contribution is 2.19. The van der Waals surface area contributed by atoms with E-state index in [1.807, 2.05) is 0 Å². The number of aromatic nitrogens is 1. The van der Waals surface area contributed by atoms with E-state index in [-0.39, 0.29) is 11.6 Å². The lowest BCUT2D eigenvalue weighted by atomic mass is 10.2. The van der Waals surface area contributed by atoms with Crippen LogP contribution in [0.5, 0.6) is 5.75 Å². The van der Waals surface area contributed by atoms with Gasteiger partial charge in [-0.2, -0.15) is 0 Å². The highest BCUT2D eigenvalue weighted by molar-refractivity contribution is 6.34. The fourth-order valence-electron chi connectivity index (χ4n) is 1.61. The van der Waals surface area contributed by atoms with Crippen LogP contribution in [-0.4, -0.2) is 25.0 Å². The highest BCUT2D eigenvalue weighted by atomic mass is 35.5. The molecule has 0 atom stereocenters. The minimum Gasteiger partial charge on any atom is -0.497 e. The predicted octanol–water partition coefficient (Wildman–Crippen LogP) is 3.04. The van der Waals surface area contributed by atoms with Gasteiger partial charge in [0.2, 0.25) is 0 Å². The van der Waals surface area contributed by atoms with Crippen molar-refractivity contribution in [3.63, 3.8) is 0 Å². The maximum absolute atomic E-state index is 12.1. The Morgan fingerprint density at radius 3 is 2.50 bits per heavy atom. The van der Waals surface area contributed by atoms with E-state index in [2.05, 4.69) is 15.6 Å². The Kier molecular flexibility index (Phi) is 4.42. The molecule has 5 nitrogen and oxygen atoms in total. The van der Waals surface area contributed by atoms with Crippen molar-refractivity contribution in [2.45, 2.75) is 0 Å². The van der Waals surface area contributed by atoms with Gasteiger partial charge in [-0.3, -0.25) is 4.79 Å². The van der Waals surface area contributed by atoms with Crippen molar-refractivity contribution in [3.05, 3.63) is 47.1 Å². The van der Waals surface area contributed by atoms with Gasteiger partial charge in [0, 0.05) is 12.7 Å². The van der Waals surface area contributed by atoms with Gasteiger partial charge in [-0.25, -0.2) is 4.98 Å². The van der Waals surface area contributed by atoms with Crippen LogP contribution in [0.4, 0.5) is 11.5 Å². The Morgan fingerprint density at radius 2 is 1.90 bits per heavy atom. The Bertz CT molecular complexity index is 614. The Hall–Kier alpha value is -2.27. The van der Waals surface area contributed by atoms with Gasteiger partial charge in [0.05, 0.1) is 12.1 Å². The van der Waals surface area contributed by atoms with Gasteiger partial charge >= 0.3 is 0 Å². The number of rotatable bonds is 4. The van der Waals surface area contributed by atoms with Crippen LogP contribution in [0.2, 0.25) is 5.02 Å². The maximum atomic E-state index is 12.1. The molecule has 1 aromatic heterocycles. The average Bonchev–Trinajstić information content (AvgIpc) is 2.48. The molecule has 0 bridgehead atoms. The van der Waals surface area contributed by atoms with E-state index in [4.69, 9.17) is 16.3 Å². The van der Waals surface area contributed by atoms with Gasteiger partial charge in [0.25, 0.3) is 5.91 Å². The van der Waals surface area contributed by atoms with E-state index in [9.17, 15) is 4.79 Å². The molecule has 0 spiro atoms. The molecular formula is C14H14ClN3O2. The van der Waals surface area contributed by atoms with Crippen molar-refractivity contribution < 1.29 is 9.53 Å². The minimum atomic E-state index is -0.364. The van der Waals surface area contributed by atoms with Crippen molar-refractivity contribution in [3.8, 4) is 5.75 Å². The number of anilines is 2. The van der Waals surface area contributed by atoms with Crippen molar-refractivity contribution in [1.29, 1.82) is 0 Å². The second-order valence-electron chi connectivity index (χ2n) is 3.96. The minimum absolute atomic E-state index is 0.175. The molecular weight excluding hydrogens is 278 g/mol. The zero-order chi connectivity index (χ0) is 14.5. The predicted molar refractivity (Wildman–Crippen MR) is 79.7 cm³/mol. The maximum Gasteiger partial charge on any atom is 0.275 e. The van der Waals surface area contributed by atoms with E-state index in [0.717, 1.165) is 5.75 Å². The number of carbonyl (C=O) groups excluding carboxylic acids is 1. The lowest BCUT2D eigenvalue weighted by molar-refractivity contribution is 0.102. The molecule has 0 aliphatic heterocycles. The van der Waals surface area contributed by atoms with Gasteiger partial charge < -0.3 is 15.4 Å². The first-order chi connectivity index (χ1) is 9.63. The topological polar surface area (TPSA) is 63.2 Å². The quantitative estimate of drug-likeness (QED) is 0.909. The molecule has 104 valence electrons. The fourth-order valence-corrected chi connectivity index (χ4v) is 1.80. The Morgan fingerprint density at radius 1 is 1.20 bits per heavy atom. The summed E-state index contributed by atoms with van der Waals surface area (Å²) >= 11 is 5.99. The van der Waals surface area contributed by atoms with Crippen molar-refractivity contribution >= 4 is 29.0 Å². The largest absolute Gasteiger partial charge is 0.497 e. The van der Waals surface area contributed by atoms with Crippen LogP contribution in [0.3, 0.4) is 0 Å². The van der Waals surface area contributed by atoms with E-state index in [0.29, 0.717) is 16.5 Å². The summed E-state index contributed by atoms with van der Waals surface area (Å²) in [6.07, 6.45) is 0. The van der Waals surface area contributed by atoms with Crippen LogP contribution in [0.25, 0.3) is 0 Å². The molecule has 20 heavy (non-hydrogen) atoms. The number of nitrogens with zero attached hydrogens (tertiary/aromatic N) is 1. The van der Waals surface area contributed by atoms with Crippen molar-refractivity contribution in [2.24, 2.45) is 0 Å². The van der Waals surface area contributed by atoms with E-state index >= 15 is 0 Å². The summed E-state index contributed by atoms with van der Waals surface area (Å²) in [5.74, 6) is 0.933. The second-order valence-corrected chi connectivity index (χ2v) is 4.37. The van der Waals surface area contributed by atoms with Crippen LogP contribution >= 0.6 is 11.6 Å². The summed E-state index contributed by atoms with van der Waals surface area (Å²) in [7, 11) is 3.31. The first-order valence-corrected chi connectivity index (χ1v) is 6.31. The first-order valence-electron chi connectivity index (χ1n) is 5.93. The van der Waals surface area contributed by atoms with Gasteiger partial charge in [-0.05, 0) is 36.4 Å². The van der Waals surface area contributed by atoms with Crippen molar-refractivity contribution in [1.82, 2.24) is 4.98 Å². The molecule has 0 saturated heterocycles. The SMILES string of the molecule is CNc1ccc(Cl)c(C(=O)Nc2ccc(OC)cc2)n1. The van der Waals surface area contributed by atoms with Crippen LogP contribution < -0.4 is 15.4 Å². The number of amides is 1. The molecule has 2 aromatic rings. The zero-order valence-electron chi connectivity index (χ0n) is 11.1. The number of benzene rings is 1. The summed E-state index contributed by atoms with van der Waals surface area (Å²) in [5.41, 5.74) is 0.817. The summed E-state index contributed by atoms with van der Waals surface area (Å²) in [6, 6.07) is 10.3. The monoisotopic (exact) mass is 291 g/mol. The number of carbonyl (C=O) groups is 1. The van der Waals surface area contributed by atoms with E-state index in [1.165, 1.54) is 0 Å². The summed E-state index contributed by atoms with van der Waals surface area (Å²) < 4.78 is 5.05. The molecule has 0 aliphatic carbocycles. The average molecular weight is 292 g/mol. The van der Waals surface area contributed by atoms with Crippen LogP contribution in [0, 0.1) is 0 Å². The zero-order valence-corrected chi connectivity index (χ0v) is 11.9. The van der Waals surface area contributed by atoms with Gasteiger partial charge in [-0.15, -0.1) is 0 Å². The third-order valence-electron chi connectivity index (χ3n) is 2.67. The normalized spacial score (nSPS) is 9.95. The number of methoxy groups -OCH3 is 1. The number of ether oxygens (including phenoxy) is 1. The molecule has 2 N–H and O–H groups in total. The Balaban J connectivity index is 2.18. The fraction of sp³-hybridized carbons (Fsp3) is 0.143. The Labute approximate surface area is 121 Å². The van der Waals surface area contributed by atoms with Gasteiger partial charge in [0.1, 0.15) is 17.3 Å². The number of halogens is 1. The molecule has 0 saturated carbocycles. The van der Waals surface area contributed by atoms with Gasteiger partial charge in [0.15, 0.2) is 0 Å². The molecule has 6 heteroatoms. The standard InChI is InChI=1S/C14H14ClN3O2/c1-16-12-8-7-11(15)13(18-12)14(19)17-9-3-5-10(20-2)6-4-9/h3-8H,1-2H3,(H,16,18)(H,17,19). The molecule has 1 aromatic carbocycles. The van der Waals surface area contributed by atoms with Crippen LogP contribution in [0.1, 0.15) is 10.5 Å². The highest BCUT2D eigenvalue weighted by Gasteiger charge is 2.13. The molecule has 1 amide bonds. The summed E-state index contributed by atoms with van der Waals surface area (Å²) in [4.78, 5) is 16.3. The molecule has 0 unspecified atom stereocenters. The van der Waals surface area contributed by atoms with E-state index < -0.39 is 0 Å².